The van der Waals surface area contributed by atoms with Crippen LogP contribution in [-0.2, 0) is 12.6 Å². The van der Waals surface area contributed by atoms with Crippen LogP contribution < -0.4 is 11.9 Å². The van der Waals surface area contributed by atoms with E-state index in [9.17, 15) is 0 Å². The van der Waals surface area contributed by atoms with Gasteiger partial charge in [0.25, 0.3) is 0 Å². The average Bonchev–Trinajstić information content (AvgIpc) is 1.33. The quantitative estimate of drug-likeness (QED) is 0.439. The van der Waals surface area contributed by atoms with E-state index in [-0.39, 0.29) is 10.5 Å². The van der Waals surface area contributed by atoms with Gasteiger partial charge in [-0.2, -0.15) is 0 Å². The Kier molecular flexibility index (Phi) is 30.8. The molecule has 0 rings (SSSR count). The van der Waals surface area contributed by atoms with Crippen LogP contribution in [0.4, 0.5) is 0 Å². The zero-order chi connectivity index (χ0) is 6.28. The van der Waals surface area contributed by atoms with Gasteiger partial charge in [-0.15, -0.1) is 0 Å². The molecular weight excluding hydrogens is 180 g/mol. The first-order valence-corrected chi connectivity index (χ1v) is 2.74. The molecule has 0 saturated carbocycles. The van der Waals surface area contributed by atoms with E-state index in [0.717, 1.165) is 0 Å². The predicted octanol–water partition coefficient (Wildman–Crippen LogP) is 1.17. The van der Waals surface area contributed by atoms with Crippen LogP contribution in [0.5, 0.6) is 0 Å². The van der Waals surface area contributed by atoms with Gasteiger partial charge < -0.3 is 36.7 Å². The molecule has 2 nitrogen and oxygen atoms in total. The average molecular weight is 186 g/mol. The van der Waals surface area contributed by atoms with Gasteiger partial charge in [-0.3, -0.25) is 0 Å². The number of quaternary nitrogens is 1. The summed E-state index contributed by atoms with van der Waals surface area (Å²) < 4.78 is 2.00. The van der Waals surface area contributed by atoms with E-state index < -0.39 is 0 Å². The summed E-state index contributed by atoms with van der Waals surface area (Å²) in [6.45, 7) is 0. The number of nitrogens with two attached hydrogens (primary N) is 1. The maximum Gasteiger partial charge on any atom is 0.0297 e. The van der Waals surface area contributed by atoms with Crippen molar-refractivity contribution in [3.63, 3.8) is 0 Å². The Morgan fingerprint density at radius 2 is 1.50 bits per heavy atom. The van der Waals surface area contributed by atoms with Crippen molar-refractivity contribution < 1.29 is 0 Å². The van der Waals surface area contributed by atoms with Crippen molar-refractivity contribution in [2.45, 2.75) is 0 Å². The first kappa shape index (κ1) is 15.7. The van der Waals surface area contributed by atoms with E-state index in [1.54, 1.807) is 0 Å². The summed E-state index contributed by atoms with van der Waals surface area (Å²) in [7, 11) is 0. The Hall–Kier alpha value is 0.290. The van der Waals surface area contributed by atoms with Crippen LogP contribution >= 0.6 is 36.7 Å². The second-order valence-electron chi connectivity index (χ2n) is 0.402. The summed E-state index contributed by atoms with van der Waals surface area (Å²) in [4.78, 5) is 0. The highest BCUT2D eigenvalue weighted by molar-refractivity contribution is 8.00. The van der Waals surface area contributed by atoms with Crippen molar-refractivity contribution >= 4 is 57.9 Å². The predicted molar refractivity (Wildman–Crippen MR) is 50.3 cm³/mol. The molecule has 0 amide bonds. The second kappa shape index (κ2) is 15.7. The van der Waals surface area contributed by atoms with E-state index in [2.05, 4.69) is 55.0 Å². The molecule has 0 aromatic heterocycles. The van der Waals surface area contributed by atoms with E-state index in [4.69, 9.17) is 0 Å². The highest BCUT2D eigenvalue weighted by Crippen LogP contribution is 1.45. The fourth-order valence-electron chi connectivity index (χ4n) is 0. The Balaban J connectivity index is -0.0000000575. The minimum Gasteiger partial charge on any atom is -0.415 e. The van der Waals surface area contributed by atoms with Crippen molar-refractivity contribution in [1.29, 1.82) is 0 Å². The van der Waals surface area contributed by atoms with E-state index in [1.807, 2.05) is 4.31 Å². The smallest absolute Gasteiger partial charge is 0.0297 e. The van der Waals surface area contributed by atoms with Crippen LogP contribution in [0.3, 0.4) is 0 Å². The Bertz CT molecular complexity index is 80.0. The molecule has 0 spiro atoms. The van der Waals surface area contributed by atoms with Gasteiger partial charge in [-0.05, 0) is 24.4 Å². The maximum absolute atomic E-state index is 4.66. The molecule has 0 aliphatic rings. The van der Waals surface area contributed by atoms with Crippen molar-refractivity contribution in [2.24, 2.45) is 5.73 Å². The summed E-state index contributed by atoms with van der Waals surface area (Å²) >= 11 is 16.2. The Labute approximate surface area is 69.8 Å². The molecule has 0 aliphatic heterocycles. The first-order chi connectivity index (χ1) is 3.15. The SMILES string of the molecule is NC(=S)[S-].S=C=S.[NH4+]. The van der Waals surface area contributed by atoms with E-state index >= 15 is 0 Å². The van der Waals surface area contributed by atoms with Gasteiger partial charge in [0.15, 0.2) is 0 Å². The molecular formula is C2H6N2S4. The molecule has 0 atom stereocenters. The third-order valence-corrected chi connectivity index (χ3v) is 0. The molecule has 0 heterocycles. The van der Waals surface area contributed by atoms with Crippen molar-refractivity contribution in [2.75, 3.05) is 0 Å². The molecule has 0 radical (unpaired) electrons. The fraction of sp³-hybridized carbons (Fsp3) is 0. The minimum atomic E-state index is 0. The van der Waals surface area contributed by atoms with Gasteiger partial charge >= 0.3 is 0 Å². The number of hydrogen-bond donors (Lipinski definition) is 2. The van der Waals surface area contributed by atoms with Gasteiger partial charge in [0.2, 0.25) is 0 Å². The Morgan fingerprint density at radius 1 is 1.50 bits per heavy atom. The van der Waals surface area contributed by atoms with Crippen LogP contribution in [0, 0.1) is 0 Å². The third kappa shape index (κ3) is 2090. The lowest BCUT2D eigenvalue weighted by Crippen LogP contribution is -1.99. The maximum atomic E-state index is 4.66. The summed E-state index contributed by atoms with van der Waals surface area (Å²) in [5.41, 5.74) is 4.66. The van der Waals surface area contributed by atoms with Gasteiger partial charge in [0.1, 0.15) is 0 Å². The van der Waals surface area contributed by atoms with Crippen LogP contribution in [0.15, 0.2) is 0 Å². The largest absolute Gasteiger partial charge is 0.415 e. The van der Waals surface area contributed by atoms with Gasteiger partial charge in [-0.25, -0.2) is 0 Å². The zero-order valence-electron chi connectivity index (χ0n) is 4.21. The van der Waals surface area contributed by atoms with Crippen LogP contribution in [0.2, 0.25) is 0 Å². The molecule has 6 heteroatoms. The first-order valence-electron chi connectivity index (χ1n) is 1.11. The van der Waals surface area contributed by atoms with Crippen LogP contribution in [0.25, 0.3) is 0 Å². The van der Waals surface area contributed by atoms with Gasteiger partial charge in [-0.1, -0.05) is 4.32 Å². The minimum absolute atomic E-state index is 0. The molecule has 0 aromatic rings. The van der Waals surface area contributed by atoms with Crippen molar-refractivity contribution in [1.82, 2.24) is 6.15 Å². The molecule has 0 saturated heterocycles. The summed E-state index contributed by atoms with van der Waals surface area (Å²) in [5, 5.41) is 0. The van der Waals surface area contributed by atoms with Gasteiger partial charge in [0.05, 0.1) is 0 Å². The number of thiocarbonyl (C=S) groups is 3. The number of rotatable bonds is 0. The molecule has 0 bridgehead atoms. The normalized spacial score (nSPS) is 4.00. The highest BCUT2D eigenvalue weighted by atomic mass is 32.1. The summed E-state index contributed by atoms with van der Waals surface area (Å²) in [5.74, 6) is 0. The molecule has 48 valence electrons. The lowest BCUT2D eigenvalue weighted by molar-refractivity contribution is 1.91. The zero-order valence-corrected chi connectivity index (χ0v) is 7.48. The molecule has 0 aromatic carbocycles. The Morgan fingerprint density at radius 3 is 1.50 bits per heavy atom. The molecule has 6 N–H and O–H groups in total. The van der Waals surface area contributed by atoms with Crippen molar-refractivity contribution in [3.05, 3.63) is 0 Å². The summed E-state index contributed by atoms with van der Waals surface area (Å²) in [6.07, 6.45) is 0. The number of hydrogen-bond acceptors (Lipinski definition) is 4. The molecule has 0 aliphatic carbocycles. The van der Waals surface area contributed by atoms with Gasteiger partial charge in [0, 0.05) is 4.31 Å². The topological polar surface area (TPSA) is 62.5 Å². The molecule has 0 fully saturated rings. The standard InChI is InChI=1S/CH3NS2.CS2.H3N/c2-1(3)4;2-1-3;/h(H3,2,3,4);;1H3. The van der Waals surface area contributed by atoms with Crippen LogP contribution in [-0.4, -0.2) is 8.63 Å². The fourth-order valence-corrected chi connectivity index (χ4v) is 0. The summed E-state index contributed by atoms with van der Waals surface area (Å²) in [6, 6.07) is 0. The van der Waals surface area contributed by atoms with Crippen molar-refractivity contribution in [3.8, 4) is 0 Å². The lowest BCUT2D eigenvalue weighted by Gasteiger charge is -1.83. The second-order valence-corrected chi connectivity index (χ2v) is 2.21. The van der Waals surface area contributed by atoms with E-state index in [1.165, 1.54) is 0 Å². The lowest BCUT2D eigenvalue weighted by atomic mass is 11.5. The molecule has 8 heavy (non-hydrogen) atoms. The van der Waals surface area contributed by atoms with Crippen LogP contribution in [0.1, 0.15) is 0 Å². The molecule has 0 unspecified atom stereocenters. The third-order valence-electron chi connectivity index (χ3n) is 0. The van der Waals surface area contributed by atoms with E-state index in [0.29, 0.717) is 0 Å². The monoisotopic (exact) mass is 186 g/mol. The highest BCUT2D eigenvalue weighted by Gasteiger charge is 1.35.